The van der Waals surface area contributed by atoms with Crippen molar-refractivity contribution in [2.45, 2.75) is 27.2 Å². The van der Waals surface area contributed by atoms with Crippen LogP contribution >= 0.6 is 0 Å². The Hall–Kier alpha value is -1.64. The van der Waals surface area contributed by atoms with Gasteiger partial charge in [-0.05, 0) is 44.0 Å². The number of nitrogens with one attached hydrogen (secondary N) is 1. The standard InChI is InChI=1S/C14H17FN2/c1-4-5-16-13-7-10(3)17-14-9(2)6-11(15)8-12(13)14/h6-8H,4-5H2,1-3H3,(H,16,17). The van der Waals surface area contributed by atoms with E-state index in [0.29, 0.717) is 0 Å². The van der Waals surface area contributed by atoms with E-state index in [9.17, 15) is 4.39 Å². The number of halogens is 1. The van der Waals surface area contributed by atoms with Crippen LogP contribution in [0.3, 0.4) is 0 Å². The smallest absolute Gasteiger partial charge is 0.124 e. The highest BCUT2D eigenvalue weighted by Gasteiger charge is 2.07. The van der Waals surface area contributed by atoms with Gasteiger partial charge in [-0.2, -0.15) is 0 Å². The molecule has 17 heavy (non-hydrogen) atoms. The van der Waals surface area contributed by atoms with Gasteiger partial charge in [0.25, 0.3) is 0 Å². The molecule has 0 aliphatic heterocycles. The number of rotatable bonds is 3. The summed E-state index contributed by atoms with van der Waals surface area (Å²) in [6.07, 6.45) is 1.04. The third kappa shape index (κ3) is 2.38. The van der Waals surface area contributed by atoms with Crippen LogP contribution < -0.4 is 5.32 Å². The molecule has 90 valence electrons. The van der Waals surface area contributed by atoms with Gasteiger partial charge < -0.3 is 5.32 Å². The van der Waals surface area contributed by atoms with Gasteiger partial charge in [0.1, 0.15) is 5.82 Å². The summed E-state index contributed by atoms with van der Waals surface area (Å²) in [6.45, 7) is 6.84. The lowest BCUT2D eigenvalue weighted by atomic mass is 10.1. The van der Waals surface area contributed by atoms with Crippen LogP contribution in [0.2, 0.25) is 0 Å². The van der Waals surface area contributed by atoms with Crippen LogP contribution in [0.5, 0.6) is 0 Å². The molecule has 0 atom stereocenters. The van der Waals surface area contributed by atoms with Gasteiger partial charge in [-0.3, -0.25) is 4.98 Å². The van der Waals surface area contributed by atoms with Crippen molar-refractivity contribution >= 4 is 16.6 Å². The summed E-state index contributed by atoms with van der Waals surface area (Å²) >= 11 is 0. The fourth-order valence-electron chi connectivity index (χ4n) is 1.99. The van der Waals surface area contributed by atoms with Gasteiger partial charge in [0.15, 0.2) is 0 Å². The largest absolute Gasteiger partial charge is 0.384 e. The first-order chi connectivity index (χ1) is 8.11. The van der Waals surface area contributed by atoms with Crippen LogP contribution in [0, 0.1) is 19.7 Å². The summed E-state index contributed by atoms with van der Waals surface area (Å²) in [4.78, 5) is 4.48. The maximum absolute atomic E-state index is 13.4. The Bertz CT molecular complexity index is 549. The fourth-order valence-corrected chi connectivity index (χ4v) is 1.99. The van der Waals surface area contributed by atoms with Crippen molar-refractivity contribution in [2.75, 3.05) is 11.9 Å². The molecule has 0 bridgehead atoms. The summed E-state index contributed by atoms with van der Waals surface area (Å²) in [6, 6.07) is 5.04. The van der Waals surface area contributed by atoms with Gasteiger partial charge in [-0.25, -0.2) is 4.39 Å². The van der Waals surface area contributed by atoms with Crippen molar-refractivity contribution in [1.82, 2.24) is 4.98 Å². The van der Waals surface area contributed by atoms with Crippen molar-refractivity contribution in [1.29, 1.82) is 0 Å². The number of pyridine rings is 1. The minimum absolute atomic E-state index is 0.208. The number of anilines is 1. The monoisotopic (exact) mass is 232 g/mol. The highest BCUT2D eigenvalue weighted by atomic mass is 19.1. The second-order valence-electron chi connectivity index (χ2n) is 4.36. The molecule has 1 aromatic carbocycles. The number of hydrogen-bond acceptors (Lipinski definition) is 2. The number of hydrogen-bond donors (Lipinski definition) is 1. The van der Waals surface area contributed by atoms with Crippen LogP contribution in [0.4, 0.5) is 10.1 Å². The predicted octanol–water partition coefficient (Wildman–Crippen LogP) is 3.81. The van der Waals surface area contributed by atoms with Gasteiger partial charge in [-0.1, -0.05) is 6.92 Å². The highest BCUT2D eigenvalue weighted by Crippen LogP contribution is 2.26. The molecule has 0 amide bonds. The van der Waals surface area contributed by atoms with Crippen molar-refractivity contribution in [3.05, 3.63) is 35.3 Å². The maximum Gasteiger partial charge on any atom is 0.124 e. The van der Waals surface area contributed by atoms with Crippen molar-refractivity contribution in [3.8, 4) is 0 Å². The van der Waals surface area contributed by atoms with E-state index in [1.807, 2.05) is 19.9 Å². The molecule has 1 aromatic heterocycles. The second kappa shape index (κ2) is 4.70. The fraction of sp³-hybridized carbons (Fsp3) is 0.357. The number of fused-ring (bicyclic) bond motifs is 1. The molecular weight excluding hydrogens is 215 g/mol. The third-order valence-corrected chi connectivity index (χ3v) is 2.76. The van der Waals surface area contributed by atoms with Gasteiger partial charge in [-0.15, -0.1) is 0 Å². The topological polar surface area (TPSA) is 24.9 Å². The quantitative estimate of drug-likeness (QED) is 0.870. The molecule has 1 N–H and O–H groups in total. The van der Waals surface area contributed by atoms with E-state index in [1.165, 1.54) is 6.07 Å². The van der Waals surface area contributed by atoms with Crippen molar-refractivity contribution < 1.29 is 4.39 Å². The lowest BCUT2D eigenvalue weighted by Gasteiger charge is -2.11. The summed E-state index contributed by atoms with van der Waals surface area (Å²) in [7, 11) is 0. The van der Waals surface area contributed by atoms with E-state index in [2.05, 4.69) is 17.2 Å². The zero-order valence-electron chi connectivity index (χ0n) is 10.5. The van der Waals surface area contributed by atoms with Crippen LogP contribution in [-0.2, 0) is 0 Å². The first-order valence-corrected chi connectivity index (χ1v) is 5.93. The first kappa shape index (κ1) is 11.8. The van der Waals surface area contributed by atoms with E-state index in [4.69, 9.17) is 0 Å². The van der Waals surface area contributed by atoms with E-state index < -0.39 is 0 Å². The Morgan fingerprint density at radius 2 is 2.00 bits per heavy atom. The van der Waals surface area contributed by atoms with Crippen LogP contribution in [0.25, 0.3) is 10.9 Å². The zero-order valence-corrected chi connectivity index (χ0v) is 10.5. The van der Waals surface area contributed by atoms with Gasteiger partial charge >= 0.3 is 0 Å². The van der Waals surface area contributed by atoms with Gasteiger partial charge in [0.2, 0.25) is 0 Å². The Labute approximate surface area is 101 Å². The Kier molecular flexibility index (Phi) is 3.27. The summed E-state index contributed by atoms with van der Waals surface area (Å²) < 4.78 is 13.4. The van der Waals surface area contributed by atoms with Crippen LogP contribution in [0.15, 0.2) is 18.2 Å². The summed E-state index contributed by atoms with van der Waals surface area (Å²) in [5.74, 6) is -0.208. The molecule has 2 rings (SSSR count). The average molecular weight is 232 g/mol. The Morgan fingerprint density at radius 1 is 1.24 bits per heavy atom. The zero-order chi connectivity index (χ0) is 12.4. The predicted molar refractivity (Wildman–Crippen MR) is 70.0 cm³/mol. The number of aromatic nitrogens is 1. The Balaban J connectivity index is 2.64. The van der Waals surface area contributed by atoms with Gasteiger partial charge in [0.05, 0.1) is 5.52 Å². The van der Waals surface area contributed by atoms with Gasteiger partial charge in [0, 0.05) is 23.3 Å². The molecule has 0 saturated carbocycles. The van der Waals surface area contributed by atoms with Crippen molar-refractivity contribution in [2.24, 2.45) is 0 Å². The molecular formula is C14H17FN2. The molecule has 2 aromatic rings. The van der Waals surface area contributed by atoms with Crippen molar-refractivity contribution in [3.63, 3.8) is 0 Å². The molecule has 0 spiro atoms. The molecule has 0 aliphatic rings. The van der Waals surface area contributed by atoms with E-state index in [1.54, 1.807) is 6.07 Å². The van der Waals surface area contributed by atoms with Crippen LogP contribution in [-0.4, -0.2) is 11.5 Å². The SMILES string of the molecule is CCCNc1cc(C)nc2c(C)cc(F)cc12. The molecule has 0 aliphatic carbocycles. The third-order valence-electron chi connectivity index (χ3n) is 2.76. The number of aryl methyl sites for hydroxylation is 2. The van der Waals surface area contributed by atoms with E-state index in [0.717, 1.165) is 40.8 Å². The van der Waals surface area contributed by atoms with E-state index >= 15 is 0 Å². The molecule has 0 radical (unpaired) electrons. The lowest BCUT2D eigenvalue weighted by Crippen LogP contribution is -2.02. The minimum Gasteiger partial charge on any atom is -0.384 e. The highest BCUT2D eigenvalue weighted by molar-refractivity contribution is 5.93. The average Bonchev–Trinajstić information content (AvgIpc) is 2.27. The molecule has 0 fully saturated rings. The number of nitrogens with zero attached hydrogens (tertiary/aromatic N) is 1. The molecule has 1 heterocycles. The number of benzene rings is 1. The van der Waals surface area contributed by atoms with Crippen LogP contribution in [0.1, 0.15) is 24.6 Å². The lowest BCUT2D eigenvalue weighted by molar-refractivity contribution is 0.628. The molecule has 0 unspecified atom stereocenters. The minimum atomic E-state index is -0.208. The molecule has 3 heteroatoms. The summed E-state index contributed by atoms with van der Waals surface area (Å²) in [5, 5.41) is 4.19. The normalized spacial score (nSPS) is 10.8. The Morgan fingerprint density at radius 3 is 2.71 bits per heavy atom. The molecule has 2 nitrogen and oxygen atoms in total. The molecule has 0 saturated heterocycles. The maximum atomic E-state index is 13.4. The van der Waals surface area contributed by atoms with E-state index in [-0.39, 0.29) is 5.82 Å². The first-order valence-electron chi connectivity index (χ1n) is 5.93. The summed E-state index contributed by atoms with van der Waals surface area (Å²) in [5.41, 5.74) is 3.68. The second-order valence-corrected chi connectivity index (χ2v) is 4.36.